The van der Waals surface area contributed by atoms with Crippen LogP contribution >= 0.6 is 0 Å². The van der Waals surface area contributed by atoms with Crippen molar-refractivity contribution >= 4 is 5.78 Å². The monoisotopic (exact) mass is 151 g/mol. The summed E-state index contributed by atoms with van der Waals surface area (Å²) in [5.41, 5.74) is 6.18. The number of ether oxygens (including phenoxy) is 1. The Morgan fingerprint density at radius 1 is 1.64 bits per heavy atom. The van der Waals surface area contributed by atoms with Crippen LogP contribution in [0.2, 0.25) is 0 Å². The van der Waals surface area contributed by atoms with Gasteiger partial charge in [0.2, 0.25) is 0 Å². The van der Waals surface area contributed by atoms with Crippen molar-refractivity contribution < 1.29 is 9.53 Å². The van der Waals surface area contributed by atoms with Gasteiger partial charge in [-0.3, -0.25) is 4.79 Å². The van der Waals surface area contributed by atoms with E-state index in [1.54, 1.807) is 12.2 Å². The van der Waals surface area contributed by atoms with Crippen molar-refractivity contribution in [3.8, 4) is 0 Å². The van der Waals surface area contributed by atoms with Crippen molar-refractivity contribution in [3.05, 3.63) is 23.9 Å². The van der Waals surface area contributed by atoms with Gasteiger partial charge < -0.3 is 10.5 Å². The van der Waals surface area contributed by atoms with Gasteiger partial charge in [0.1, 0.15) is 6.61 Å². The Labute approximate surface area is 64.5 Å². The molecule has 1 saturated heterocycles. The summed E-state index contributed by atoms with van der Waals surface area (Å²) in [5.74, 6) is 0.00213. The van der Waals surface area contributed by atoms with Crippen molar-refractivity contribution in [2.45, 2.75) is 6.10 Å². The number of hydrogen-bond donors (Lipinski definition) is 1. The summed E-state index contributed by atoms with van der Waals surface area (Å²) >= 11 is 0. The zero-order valence-electron chi connectivity index (χ0n) is 5.99. The second-order valence-corrected chi connectivity index (χ2v) is 2.79. The lowest BCUT2D eigenvalue weighted by molar-refractivity contribution is -0.119. The Morgan fingerprint density at radius 2 is 2.45 bits per heavy atom. The Bertz CT molecular complexity index is 255. The van der Waals surface area contributed by atoms with Crippen LogP contribution in [0.3, 0.4) is 0 Å². The molecule has 0 aromatic heterocycles. The van der Waals surface area contributed by atoms with Crippen molar-refractivity contribution in [3.63, 3.8) is 0 Å². The van der Waals surface area contributed by atoms with Gasteiger partial charge in [-0.15, -0.1) is 0 Å². The van der Waals surface area contributed by atoms with Gasteiger partial charge in [0.05, 0.1) is 12.0 Å². The summed E-state index contributed by atoms with van der Waals surface area (Å²) in [5, 5.41) is 0. The van der Waals surface area contributed by atoms with Gasteiger partial charge >= 0.3 is 0 Å². The van der Waals surface area contributed by atoms with Crippen LogP contribution in [0.1, 0.15) is 0 Å². The number of fused-ring (bicyclic) bond motifs is 1. The second kappa shape index (κ2) is 2.20. The fraction of sp³-hybridized carbons (Fsp3) is 0.375. The van der Waals surface area contributed by atoms with Gasteiger partial charge in [-0.2, -0.15) is 0 Å². The molecular weight excluding hydrogens is 142 g/mol. The minimum atomic E-state index is -0.125. The number of allylic oxidation sites excluding steroid dienone is 1. The largest absolute Gasteiger partial charge is 0.399 e. The molecule has 0 amide bonds. The maximum atomic E-state index is 11.1. The number of hydrogen-bond acceptors (Lipinski definition) is 3. The minimum Gasteiger partial charge on any atom is -0.399 e. The standard InChI is InChI=1S/C8H9NO2/c9-5-1-2-8-6(3-5)7(10)4-11-8/h1-3,6,8H,4,9H2. The van der Waals surface area contributed by atoms with Crippen molar-refractivity contribution in [1.29, 1.82) is 0 Å². The van der Waals surface area contributed by atoms with Crippen LogP contribution in [0.4, 0.5) is 0 Å². The predicted molar refractivity (Wildman–Crippen MR) is 39.6 cm³/mol. The van der Waals surface area contributed by atoms with Crippen LogP contribution in [0.15, 0.2) is 23.9 Å². The molecule has 1 aliphatic heterocycles. The first-order valence-electron chi connectivity index (χ1n) is 3.57. The molecule has 58 valence electrons. The Balaban J connectivity index is 2.29. The number of Topliss-reactive ketones (excluding diaryl/α,β-unsaturated/α-hetero) is 1. The molecule has 2 unspecified atom stereocenters. The third-order valence-corrected chi connectivity index (χ3v) is 1.99. The number of carbonyl (C=O) groups is 1. The Morgan fingerprint density at radius 3 is 3.27 bits per heavy atom. The van der Waals surface area contributed by atoms with E-state index < -0.39 is 0 Å². The zero-order valence-corrected chi connectivity index (χ0v) is 5.99. The predicted octanol–water partition coefficient (Wildman–Crippen LogP) is -0.0171. The smallest absolute Gasteiger partial charge is 0.168 e. The summed E-state index contributed by atoms with van der Waals surface area (Å²) in [4.78, 5) is 11.1. The zero-order chi connectivity index (χ0) is 7.84. The van der Waals surface area contributed by atoms with Crippen LogP contribution in [-0.4, -0.2) is 18.5 Å². The third-order valence-electron chi connectivity index (χ3n) is 1.99. The molecule has 3 heteroatoms. The molecule has 0 spiro atoms. The fourth-order valence-electron chi connectivity index (χ4n) is 1.39. The van der Waals surface area contributed by atoms with E-state index in [0.29, 0.717) is 5.70 Å². The highest BCUT2D eigenvalue weighted by atomic mass is 16.5. The first-order valence-corrected chi connectivity index (χ1v) is 3.57. The molecule has 1 aliphatic carbocycles. The highest BCUT2D eigenvalue weighted by Gasteiger charge is 2.33. The first-order chi connectivity index (χ1) is 5.27. The average molecular weight is 151 g/mol. The van der Waals surface area contributed by atoms with E-state index >= 15 is 0 Å². The van der Waals surface area contributed by atoms with Gasteiger partial charge in [0.25, 0.3) is 0 Å². The van der Waals surface area contributed by atoms with E-state index in [9.17, 15) is 4.79 Å². The van der Waals surface area contributed by atoms with E-state index in [1.807, 2.05) is 6.08 Å². The van der Waals surface area contributed by atoms with Crippen molar-refractivity contribution in [2.75, 3.05) is 6.61 Å². The van der Waals surface area contributed by atoms with Crippen molar-refractivity contribution in [2.24, 2.45) is 11.7 Å². The number of nitrogens with two attached hydrogens (primary N) is 1. The lowest BCUT2D eigenvalue weighted by Crippen LogP contribution is -2.20. The lowest BCUT2D eigenvalue weighted by Gasteiger charge is -2.13. The molecule has 1 fully saturated rings. The van der Waals surface area contributed by atoms with E-state index in [1.165, 1.54) is 0 Å². The summed E-state index contributed by atoms with van der Waals surface area (Å²) in [7, 11) is 0. The second-order valence-electron chi connectivity index (χ2n) is 2.79. The van der Waals surface area contributed by atoms with Gasteiger partial charge in [0.15, 0.2) is 5.78 Å². The molecular formula is C8H9NO2. The van der Waals surface area contributed by atoms with E-state index in [4.69, 9.17) is 10.5 Å². The third kappa shape index (κ3) is 0.973. The number of rotatable bonds is 0. The van der Waals surface area contributed by atoms with Crippen LogP contribution in [0.5, 0.6) is 0 Å². The first kappa shape index (κ1) is 6.61. The minimum absolute atomic E-state index is 0.0604. The van der Waals surface area contributed by atoms with Crippen LogP contribution in [0.25, 0.3) is 0 Å². The van der Waals surface area contributed by atoms with Crippen LogP contribution in [-0.2, 0) is 9.53 Å². The topological polar surface area (TPSA) is 52.3 Å². The molecule has 11 heavy (non-hydrogen) atoms. The molecule has 1 heterocycles. The van der Waals surface area contributed by atoms with Crippen LogP contribution in [0, 0.1) is 5.92 Å². The maximum absolute atomic E-state index is 11.1. The van der Waals surface area contributed by atoms with Gasteiger partial charge in [-0.1, -0.05) is 6.08 Å². The Hall–Kier alpha value is -1.09. The Kier molecular flexibility index (Phi) is 1.32. The quantitative estimate of drug-likeness (QED) is 0.529. The fourth-order valence-corrected chi connectivity index (χ4v) is 1.39. The van der Waals surface area contributed by atoms with Crippen molar-refractivity contribution in [1.82, 2.24) is 0 Å². The molecule has 0 aromatic carbocycles. The molecule has 0 radical (unpaired) electrons. The molecule has 2 rings (SSSR count). The molecule has 0 bridgehead atoms. The summed E-state index contributed by atoms with van der Waals surface area (Å²) in [6.07, 6.45) is 5.32. The summed E-state index contributed by atoms with van der Waals surface area (Å²) < 4.78 is 5.18. The summed E-state index contributed by atoms with van der Waals surface area (Å²) in [6.45, 7) is 0.226. The molecule has 0 aromatic rings. The van der Waals surface area contributed by atoms with E-state index in [-0.39, 0.29) is 24.4 Å². The van der Waals surface area contributed by atoms with Gasteiger partial charge in [-0.25, -0.2) is 0 Å². The summed E-state index contributed by atoms with van der Waals surface area (Å²) in [6, 6.07) is 0. The maximum Gasteiger partial charge on any atom is 0.168 e. The van der Waals surface area contributed by atoms with Crippen LogP contribution < -0.4 is 5.73 Å². The highest BCUT2D eigenvalue weighted by molar-refractivity contribution is 5.87. The highest BCUT2D eigenvalue weighted by Crippen LogP contribution is 2.24. The molecule has 2 atom stereocenters. The molecule has 2 aliphatic rings. The number of ketones is 1. The van der Waals surface area contributed by atoms with E-state index in [0.717, 1.165) is 0 Å². The lowest BCUT2D eigenvalue weighted by atomic mass is 9.95. The van der Waals surface area contributed by atoms with E-state index in [2.05, 4.69) is 0 Å². The van der Waals surface area contributed by atoms with Gasteiger partial charge in [0, 0.05) is 5.70 Å². The number of carbonyl (C=O) groups excluding carboxylic acids is 1. The molecule has 3 nitrogen and oxygen atoms in total. The molecule has 0 saturated carbocycles. The van der Waals surface area contributed by atoms with Gasteiger partial charge in [-0.05, 0) is 12.2 Å². The SMILES string of the molecule is NC1=CC2C(=O)COC2C=C1. The molecule has 2 N–H and O–H groups in total. The normalized spacial score (nSPS) is 35.3. The average Bonchev–Trinajstić information content (AvgIpc) is 2.33.